The molecule has 0 radical (unpaired) electrons. The van der Waals surface area contributed by atoms with Gasteiger partial charge in [0.15, 0.2) is 0 Å². The van der Waals surface area contributed by atoms with Crippen molar-refractivity contribution in [3.05, 3.63) is 63.2 Å². The molecule has 0 aliphatic carbocycles. The number of likely N-dealkylation sites (N-methyl/N-ethyl adjacent to an activating group) is 1. The maximum Gasteiger partial charge on any atom is 0.251 e. The summed E-state index contributed by atoms with van der Waals surface area (Å²) in [6.45, 7) is 0.926. The second-order valence-corrected chi connectivity index (χ2v) is 6.64. The van der Waals surface area contributed by atoms with Crippen LogP contribution in [-0.2, 0) is 11.3 Å². The molecule has 0 aromatic heterocycles. The molecular formula is C18H20IN3O2. The van der Waals surface area contributed by atoms with E-state index in [1.165, 1.54) is 0 Å². The van der Waals surface area contributed by atoms with Gasteiger partial charge >= 0.3 is 0 Å². The SMILES string of the molecule is CNC(=O)c1ccc(CN(C)CC(=O)Nc2ccccc2I)cc1. The van der Waals surface area contributed by atoms with Gasteiger partial charge in [0.05, 0.1) is 12.2 Å². The molecule has 0 saturated carbocycles. The fraction of sp³-hybridized carbons (Fsp3) is 0.222. The Morgan fingerprint density at radius 2 is 1.75 bits per heavy atom. The Bertz CT molecular complexity index is 716. The number of anilines is 1. The molecule has 0 bridgehead atoms. The van der Waals surface area contributed by atoms with E-state index in [2.05, 4.69) is 33.2 Å². The van der Waals surface area contributed by atoms with E-state index in [1.807, 2.05) is 48.3 Å². The number of rotatable bonds is 6. The number of nitrogens with zero attached hydrogens (tertiary/aromatic N) is 1. The lowest BCUT2D eigenvalue weighted by molar-refractivity contribution is -0.117. The molecule has 0 aliphatic rings. The maximum atomic E-state index is 12.1. The number of carbonyl (C=O) groups is 2. The van der Waals surface area contributed by atoms with Gasteiger partial charge in [-0.25, -0.2) is 0 Å². The summed E-state index contributed by atoms with van der Waals surface area (Å²) in [6, 6.07) is 15.0. The first kappa shape index (κ1) is 18.4. The van der Waals surface area contributed by atoms with E-state index >= 15 is 0 Å². The summed E-state index contributed by atoms with van der Waals surface area (Å²) in [6.07, 6.45) is 0. The summed E-state index contributed by atoms with van der Waals surface area (Å²) in [5.74, 6) is -0.157. The molecule has 2 rings (SSSR count). The molecule has 0 saturated heterocycles. The van der Waals surface area contributed by atoms with Gasteiger partial charge in [0.25, 0.3) is 5.91 Å². The standard InChI is InChI=1S/C18H20IN3O2/c1-20-18(24)14-9-7-13(8-10-14)11-22(2)12-17(23)21-16-6-4-3-5-15(16)19/h3-10H,11-12H2,1-2H3,(H,20,24)(H,21,23). The number of para-hydroxylation sites is 1. The van der Waals surface area contributed by atoms with Crippen molar-refractivity contribution in [1.82, 2.24) is 10.2 Å². The Balaban J connectivity index is 1.88. The third kappa shape index (κ3) is 5.31. The molecule has 0 spiro atoms. The van der Waals surface area contributed by atoms with Crippen LogP contribution in [-0.4, -0.2) is 37.4 Å². The van der Waals surface area contributed by atoms with Crippen LogP contribution in [0.2, 0.25) is 0 Å². The van der Waals surface area contributed by atoms with Crippen molar-refractivity contribution in [3.8, 4) is 0 Å². The Morgan fingerprint density at radius 3 is 2.38 bits per heavy atom. The summed E-state index contributed by atoms with van der Waals surface area (Å²) < 4.78 is 1.01. The Morgan fingerprint density at radius 1 is 1.08 bits per heavy atom. The average Bonchev–Trinajstić information content (AvgIpc) is 2.56. The lowest BCUT2D eigenvalue weighted by Gasteiger charge is -2.17. The average molecular weight is 437 g/mol. The summed E-state index contributed by atoms with van der Waals surface area (Å²) in [5.41, 5.74) is 2.50. The van der Waals surface area contributed by atoms with Crippen LogP contribution in [0, 0.1) is 3.57 Å². The van der Waals surface area contributed by atoms with E-state index < -0.39 is 0 Å². The summed E-state index contributed by atoms with van der Waals surface area (Å²) in [5, 5.41) is 5.51. The van der Waals surface area contributed by atoms with Crippen molar-refractivity contribution in [2.24, 2.45) is 0 Å². The number of nitrogens with one attached hydrogen (secondary N) is 2. The molecule has 0 heterocycles. The van der Waals surface area contributed by atoms with Gasteiger partial charge in [-0.15, -0.1) is 0 Å². The molecule has 0 unspecified atom stereocenters. The third-order valence-corrected chi connectivity index (χ3v) is 4.40. The van der Waals surface area contributed by atoms with Crippen LogP contribution < -0.4 is 10.6 Å². The largest absolute Gasteiger partial charge is 0.355 e. The minimum Gasteiger partial charge on any atom is -0.355 e. The van der Waals surface area contributed by atoms with Gasteiger partial charge in [-0.2, -0.15) is 0 Å². The molecule has 2 amide bonds. The van der Waals surface area contributed by atoms with E-state index in [9.17, 15) is 9.59 Å². The van der Waals surface area contributed by atoms with Gasteiger partial charge in [0.1, 0.15) is 0 Å². The van der Waals surface area contributed by atoms with E-state index in [0.717, 1.165) is 14.8 Å². The zero-order chi connectivity index (χ0) is 17.5. The Hall–Kier alpha value is -1.93. The summed E-state index contributed by atoms with van der Waals surface area (Å²) >= 11 is 2.20. The molecule has 0 aliphatic heterocycles. The normalized spacial score (nSPS) is 10.5. The minimum absolute atomic E-state index is 0.0522. The smallest absolute Gasteiger partial charge is 0.251 e. The second kappa shape index (κ2) is 8.79. The highest BCUT2D eigenvalue weighted by Crippen LogP contribution is 2.16. The second-order valence-electron chi connectivity index (χ2n) is 5.48. The highest BCUT2D eigenvalue weighted by atomic mass is 127. The van der Waals surface area contributed by atoms with Crippen molar-refractivity contribution < 1.29 is 9.59 Å². The molecule has 2 aromatic carbocycles. The Kier molecular flexibility index (Phi) is 6.74. The molecule has 0 fully saturated rings. The third-order valence-electron chi connectivity index (χ3n) is 3.46. The van der Waals surface area contributed by atoms with E-state index in [0.29, 0.717) is 18.7 Å². The fourth-order valence-corrected chi connectivity index (χ4v) is 2.79. The van der Waals surface area contributed by atoms with Gasteiger partial charge in [-0.1, -0.05) is 24.3 Å². The van der Waals surface area contributed by atoms with Crippen LogP contribution in [0.3, 0.4) is 0 Å². The lowest BCUT2D eigenvalue weighted by Crippen LogP contribution is -2.30. The van der Waals surface area contributed by atoms with Crippen LogP contribution >= 0.6 is 22.6 Å². The predicted octanol–water partition coefficient (Wildman–Crippen LogP) is 2.72. The summed E-state index contributed by atoms with van der Waals surface area (Å²) in [7, 11) is 3.50. The first-order chi connectivity index (χ1) is 11.5. The number of amides is 2. The fourth-order valence-electron chi connectivity index (χ4n) is 2.27. The number of carbonyl (C=O) groups excluding carboxylic acids is 2. The van der Waals surface area contributed by atoms with Crippen LogP contribution in [0.1, 0.15) is 15.9 Å². The number of hydrogen-bond acceptors (Lipinski definition) is 3. The zero-order valence-electron chi connectivity index (χ0n) is 13.7. The molecular weight excluding hydrogens is 417 g/mol. The van der Waals surface area contributed by atoms with Crippen LogP contribution in [0.5, 0.6) is 0 Å². The molecule has 2 N–H and O–H groups in total. The molecule has 2 aromatic rings. The summed E-state index contributed by atoms with van der Waals surface area (Å²) in [4.78, 5) is 25.6. The topological polar surface area (TPSA) is 61.4 Å². The molecule has 24 heavy (non-hydrogen) atoms. The quantitative estimate of drug-likeness (QED) is 0.684. The molecule has 0 atom stereocenters. The van der Waals surface area contributed by atoms with Crippen LogP contribution in [0.15, 0.2) is 48.5 Å². The molecule has 5 nitrogen and oxygen atoms in total. The van der Waals surface area contributed by atoms with Crippen molar-refractivity contribution in [2.45, 2.75) is 6.54 Å². The Labute approximate surface area is 155 Å². The van der Waals surface area contributed by atoms with Gasteiger partial charge < -0.3 is 10.6 Å². The van der Waals surface area contributed by atoms with Crippen molar-refractivity contribution in [1.29, 1.82) is 0 Å². The van der Waals surface area contributed by atoms with Gasteiger partial charge in [-0.3, -0.25) is 14.5 Å². The minimum atomic E-state index is -0.105. The maximum absolute atomic E-state index is 12.1. The van der Waals surface area contributed by atoms with Gasteiger partial charge in [-0.05, 0) is 59.5 Å². The first-order valence-corrected chi connectivity index (χ1v) is 8.61. The van der Waals surface area contributed by atoms with Gasteiger partial charge in [0.2, 0.25) is 5.91 Å². The monoisotopic (exact) mass is 437 g/mol. The predicted molar refractivity (Wildman–Crippen MR) is 104 cm³/mol. The van der Waals surface area contributed by atoms with Crippen molar-refractivity contribution in [2.75, 3.05) is 26.0 Å². The number of halogens is 1. The lowest BCUT2D eigenvalue weighted by atomic mass is 10.1. The highest BCUT2D eigenvalue weighted by molar-refractivity contribution is 14.1. The molecule has 6 heteroatoms. The van der Waals surface area contributed by atoms with E-state index in [-0.39, 0.29) is 11.8 Å². The number of benzene rings is 2. The first-order valence-electron chi connectivity index (χ1n) is 7.53. The van der Waals surface area contributed by atoms with Gasteiger partial charge in [0, 0.05) is 22.7 Å². The zero-order valence-corrected chi connectivity index (χ0v) is 15.8. The van der Waals surface area contributed by atoms with E-state index in [4.69, 9.17) is 0 Å². The number of hydrogen-bond donors (Lipinski definition) is 2. The highest BCUT2D eigenvalue weighted by Gasteiger charge is 2.09. The van der Waals surface area contributed by atoms with Crippen LogP contribution in [0.25, 0.3) is 0 Å². The molecule has 126 valence electrons. The van der Waals surface area contributed by atoms with Crippen molar-refractivity contribution in [3.63, 3.8) is 0 Å². The van der Waals surface area contributed by atoms with E-state index in [1.54, 1.807) is 19.2 Å². The van der Waals surface area contributed by atoms with Crippen LogP contribution in [0.4, 0.5) is 5.69 Å². The van der Waals surface area contributed by atoms with Crippen molar-refractivity contribution >= 4 is 40.1 Å².